The van der Waals surface area contributed by atoms with Gasteiger partial charge in [-0.1, -0.05) is 36.8 Å². The van der Waals surface area contributed by atoms with Crippen molar-refractivity contribution in [1.29, 1.82) is 0 Å². The van der Waals surface area contributed by atoms with Gasteiger partial charge in [-0.05, 0) is 30.5 Å². The number of fused-ring (bicyclic) bond motifs is 2. The summed E-state index contributed by atoms with van der Waals surface area (Å²) in [7, 11) is -3.82. The van der Waals surface area contributed by atoms with Crippen molar-refractivity contribution in [2.45, 2.75) is 42.8 Å². The average molecular weight is 413 g/mol. The molecule has 8 heteroatoms. The molecule has 5 rings (SSSR count). The van der Waals surface area contributed by atoms with Gasteiger partial charge in [0.05, 0.1) is 12.6 Å². The van der Waals surface area contributed by atoms with Gasteiger partial charge >= 0.3 is 0 Å². The maximum absolute atomic E-state index is 13.6. The lowest BCUT2D eigenvalue weighted by Crippen LogP contribution is -2.46. The molecule has 1 aliphatic carbocycles. The van der Waals surface area contributed by atoms with Crippen LogP contribution in [0.4, 0.5) is 0 Å². The van der Waals surface area contributed by atoms with Gasteiger partial charge in [0.2, 0.25) is 21.8 Å². The quantitative estimate of drug-likeness (QED) is 0.769. The van der Waals surface area contributed by atoms with E-state index in [-0.39, 0.29) is 29.1 Å². The normalized spacial score (nSPS) is 26.0. The Morgan fingerprint density at radius 2 is 1.90 bits per heavy atom. The van der Waals surface area contributed by atoms with Crippen molar-refractivity contribution in [3.63, 3.8) is 0 Å². The highest BCUT2D eigenvalue weighted by Gasteiger charge is 2.49. The number of amides is 1. The van der Waals surface area contributed by atoms with Crippen LogP contribution in [0.5, 0.6) is 5.88 Å². The summed E-state index contributed by atoms with van der Waals surface area (Å²) in [5.41, 5.74) is 0.894. The summed E-state index contributed by atoms with van der Waals surface area (Å²) in [6, 6.07) is 12.2. The molecule has 0 N–H and O–H groups in total. The third-order valence-electron chi connectivity index (χ3n) is 6.14. The van der Waals surface area contributed by atoms with E-state index in [4.69, 9.17) is 4.74 Å². The Balaban J connectivity index is 1.53. The fraction of sp³-hybridized carbons (Fsp3) is 0.429. The number of carbonyl (C=O) groups is 1. The number of carbonyl (C=O) groups excluding carboxylic acids is 1. The van der Waals surface area contributed by atoms with Crippen LogP contribution < -0.4 is 4.74 Å². The molecular formula is C21H23N3O4S. The summed E-state index contributed by atoms with van der Waals surface area (Å²) in [6.07, 6.45) is 4.01. The maximum atomic E-state index is 13.6. The summed E-state index contributed by atoms with van der Waals surface area (Å²) in [6.45, 7) is 0.963. The molecule has 2 fully saturated rings. The standard InChI is InChI=1S/C21H23N3O4S/c25-21(16-8-4-9-16)23-13-17-18(14-23)28-20-19(10-5-11-22-20)29(26,27)24(17)12-15-6-2-1-3-7-15/h1-3,5-7,10-11,16-18H,4,8-9,12-14H2/t17-,18-/m0/s1. The zero-order valence-corrected chi connectivity index (χ0v) is 16.8. The smallest absolute Gasteiger partial charge is 0.249 e. The highest BCUT2D eigenvalue weighted by molar-refractivity contribution is 7.89. The Bertz CT molecular complexity index is 1020. The molecule has 2 aromatic rings. The zero-order valence-electron chi connectivity index (χ0n) is 16.0. The molecular weight excluding hydrogens is 390 g/mol. The first-order chi connectivity index (χ1) is 14.0. The van der Waals surface area contributed by atoms with Gasteiger partial charge in [-0.2, -0.15) is 4.31 Å². The van der Waals surface area contributed by atoms with Crippen molar-refractivity contribution >= 4 is 15.9 Å². The number of aromatic nitrogens is 1. The fourth-order valence-corrected chi connectivity index (χ4v) is 6.02. The molecule has 7 nitrogen and oxygen atoms in total. The molecule has 1 aromatic carbocycles. The lowest BCUT2D eigenvalue weighted by molar-refractivity contribution is -0.137. The van der Waals surface area contributed by atoms with E-state index in [9.17, 15) is 13.2 Å². The summed E-state index contributed by atoms with van der Waals surface area (Å²) >= 11 is 0. The second kappa shape index (κ2) is 7.11. The van der Waals surface area contributed by atoms with Gasteiger partial charge in [0.1, 0.15) is 11.0 Å². The van der Waals surface area contributed by atoms with E-state index < -0.39 is 22.2 Å². The fourth-order valence-electron chi connectivity index (χ4n) is 4.32. The summed E-state index contributed by atoms with van der Waals surface area (Å²) in [4.78, 5) is 18.9. The van der Waals surface area contributed by atoms with Crippen LogP contribution in [0.1, 0.15) is 24.8 Å². The van der Waals surface area contributed by atoms with Crippen LogP contribution >= 0.6 is 0 Å². The first kappa shape index (κ1) is 18.6. The third-order valence-corrected chi connectivity index (χ3v) is 8.02. The number of sulfonamides is 1. The highest BCUT2D eigenvalue weighted by Crippen LogP contribution is 2.37. The van der Waals surface area contributed by atoms with E-state index in [1.165, 1.54) is 16.6 Å². The molecule has 1 saturated heterocycles. The zero-order chi connectivity index (χ0) is 20.0. The van der Waals surface area contributed by atoms with Gasteiger partial charge in [-0.3, -0.25) is 4.79 Å². The van der Waals surface area contributed by atoms with E-state index in [1.54, 1.807) is 11.0 Å². The molecule has 0 unspecified atom stereocenters. The van der Waals surface area contributed by atoms with Crippen LogP contribution in [-0.4, -0.2) is 53.7 Å². The van der Waals surface area contributed by atoms with Crippen molar-refractivity contribution in [3.05, 3.63) is 54.2 Å². The number of hydrogen-bond acceptors (Lipinski definition) is 5. The molecule has 2 aliphatic heterocycles. The van der Waals surface area contributed by atoms with Gasteiger partial charge in [0.25, 0.3) is 0 Å². The van der Waals surface area contributed by atoms with Crippen molar-refractivity contribution in [2.24, 2.45) is 5.92 Å². The van der Waals surface area contributed by atoms with Crippen molar-refractivity contribution < 1.29 is 17.9 Å². The number of benzene rings is 1. The molecule has 0 spiro atoms. The van der Waals surface area contributed by atoms with E-state index in [0.717, 1.165) is 24.8 Å². The molecule has 3 aliphatic rings. The number of pyridine rings is 1. The van der Waals surface area contributed by atoms with Gasteiger partial charge in [0.15, 0.2) is 0 Å². The molecule has 1 aromatic heterocycles. The summed E-state index contributed by atoms with van der Waals surface area (Å²) in [5, 5.41) is 0. The first-order valence-electron chi connectivity index (χ1n) is 10.0. The number of nitrogens with zero attached hydrogens (tertiary/aromatic N) is 3. The summed E-state index contributed by atoms with van der Waals surface area (Å²) < 4.78 is 34.7. The molecule has 1 saturated carbocycles. The molecule has 0 bridgehead atoms. The molecule has 3 heterocycles. The van der Waals surface area contributed by atoms with E-state index in [0.29, 0.717) is 13.1 Å². The first-order valence-corrected chi connectivity index (χ1v) is 11.4. The Morgan fingerprint density at radius 1 is 1.10 bits per heavy atom. The van der Waals surface area contributed by atoms with Crippen LogP contribution in [0.25, 0.3) is 0 Å². The van der Waals surface area contributed by atoms with Gasteiger partial charge in [-0.25, -0.2) is 13.4 Å². The Hall–Kier alpha value is -2.45. The number of likely N-dealkylation sites (tertiary alicyclic amines) is 1. The number of ether oxygens (including phenoxy) is 1. The van der Waals surface area contributed by atoms with Gasteiger partial charge < -0.3 is 9.64 Å². The van der Waals surface area contributed by atoms with Gasteiger partial charge in [0, 0.05) is 25.2 Å². The Labute approximate surface area is 170 Å². The van der Waals surface area contributed by atoms with Crippen LogP contribution in [0, 0.1) is 5.92 Å². The van der Waals surface area contributed by atoms with E-state index >= 15 is 0 Å². The topological polar surface area (TPSA) is 79.8 Å². The monoisotopic (exact) mass is 413 g/mol. The van der Waals surface area contributed by atoms with Crippen molar-refractivity contribution in [2.75, 3.05) is 13.1 Å². The molecule has 29 heavy (non-hydrogen) atoms. The lowest BCUT2D eigenvalue weighted by Gasteiger charge is -2.30. The van der Waals surface area contributed by atoms with Crippen LogP contribution in [0.15, 0.2) is 53.6 Å². The van der Waals surface area contributed by atoms with Crippen LogP contribution in [0.2, 0.25) is 0 Å². The summed E-state index contributed by atoms with van der Waals surface area (Å²) in [5.74, 6) is 0.309. The molecule has 1 amide bonds. The second-order valence-corrected chi connectivity index (χ2v) is 9.80. The minimum absolute atomic E-state index is 0.0712. The second-order valence-electron chi connectivity index (χ2n) is 7.94. The van der Waals surface area contributed by atoms with Crippen LogP contribution in [0.3, 0.4) is 0 Å². The third kappa shape index (κ3) is 3.20. The Morgan fingerprint density at radius 3 is 2.62 bits per heavy atom. The molecule has 2 atom stereocenters. The minimum Gasteiger partial charge on any atom is -0.470 e. The van der Waals surface area contributed by atoms with Gasteiger partial charge in [-0.15, -0.1) is 0 Å². The van der Waals surface area contributed by atoms with Crippen molar-refractivity contribution in [3.8, 4) is 5.88 Å². The minimum atomic E-state index is -3.82. The molecule has 152 valence electrons. The van der Waals surface area contributed by atoms with E-state index in [2.05, 4.69) is 4.98 Å². The predicted octanol–water partition coefficient (Wildman–Crippen LogP) is 2.04. The maximum Gasteiger partial charge on any atom is 0.249 e. The number of hydrogen-bond donors (Lipinski definition) is 0. The Kier molecular flexibility index (Phi) is 4.55. The molecule has 0 radical (unpaired) electrons. The lowest BCUT2D eigenvalue weighted by atomic mass is 9.84. The van der Waals surface area contributed by atoms with Crippen molar-refractivity contribution in [1.82, 2.24) is 14.2 Å². The van der Waals surface area contributed by atoms with Crippen LogP contribution in [-0.2, 0) is 21.4 Å². The van der Waals surface area contributed by atoms with E-state index in [1.807, 2.05) is 30.3 Å². The SMILES string of the molecule is O=C(C1CCC1)N1C[C@@H]2Oc3ncccc3S(=O)(=O)N(Cc3ccccc3)[C@H]2C1. The number of rotatable bonds is 3. The average Bonchev–Trinajstić information content (AvgIpc) is 3.06. The largest absolute Gasteiger partial charge is 0.470 e. The highest BCUT2D eigenvalue weighted by atomic mass is 32.2. The predicted molar refractivity (Wildman–Crippen MR) is 106 cm³/mol.